The van der Waals surface area contributed by atoms with E-state index in [-0.39, 0.29) is 17.6 Å². The van der Waals surface area contributed by atoms with Crippen molar-refractivity contribution >= 4 is 28.9 Å². The molecule has 1 aliphatic heterocycles. The lowest BCUT2D eigenvalue weighted by molar-refractivity contribution is -0.149. The molecule has 1 fully saturated rings. The van der Waals surface area contributed by atoms with Gasteiger partial charge in [0, 0.05) is 32.3 Å². The number of carboxylic acids is 1. The highest BCUT2D eigenvalue weighted by molar-refractivity contribution is 8.13. The van der Waals surface area contributed by atoms with Crippen LogP contribution in [0.15, 0.2) is 0 Å². The molecule has 1 heterocycles. The van der Waals surface area contributed by atoms with E-state index in [1.165, 1.54) is 23.7 Å². The third kappa shape index (κ3) is 3.63. The molecule has 0 aromatic rings. The normalized spacial score (nSPS) is 16.8. The van der Waals surface area contributed by atoms with Crippen LogP contribution in [0.4, 0.5) is 4.79 Å². The summed E-state index contributed by atoms with van der Waals surface area (Å²) in [6.45, 7) is 2.75. The molecule has 0 saturated carbocycles. The first-order chi connectivity index (χ1) is 8.47. The van der Waals surface area contributed by atoms with Crippen LogP contribution >= 0.6 is 11.8 Å². The van der Waals surface area contributed by atoms with Crippen LogP contribution in [0.5, 0.6) is 0 Å². The predicted octanol–water partition coefficient (Wildman–Crippen LogP) is 0.867. The molecule has 0 bridgehead atoms. The number of amides is 2. The minimum Gasteiger partial charge on any atom is -0.480 e. The summed E-state index contributed by atoms with van der Waals surface area (Å²) in [6, 6.07) is -0.791. The van der Waals surface area contributed by atoms with Crippen molar-refractivity contribution in [1.82, 2.24) is 9.80 Å². The van der Waals surface area contributed by atoms with Gasteiger partial charge in [0.25, 0.3) is 5.24 Å². The zero-order valence-electron chi connectivity index (χ0n) is 10.6. The molecule has 1 aliphatic rings. The maximum Gasteiger partial charge on any atom is 0.326 e. The monoisotopic (exact) mass is 274 g/mol. The minimum absolute atomic E-state index is 0.00395. The topological polar surface area (TPSA) is 77.9 Å². The van der Waals surface area contributed by atoms with Gasteiger partial charge in [-0.15, -0.1) is 0 Å². The van der Waals surface area contributed by atoms with Crippen LogP contribution < -0.4 is 0 Å². The van der Waals surface area contributed by atoms with E-state index in [2.05, 4.69) is 0 Å². The average Bonchev–Trinajstić information content (AvgIpc) is 2.72. The van der Waals surface area contributed by atoms with E-state index in [9.17, 15) is 14.4 Å². The van der Waals surface area contributed by atoms with E-state index in [0.717, 1.165) is 5.75 Å². The van der Waals surface area contributed by atoms with Crippen molar-refractivity contribution in [3.63, 3.8) is 0 Å². The number of rotatable bonds is 6. The zero-order chi connectivity index (χ0) is 13.7. The molecule has 2 amide bonds. The Hall–Kier alpha value is -1.24. The number of thioether (sulfide) groups is 1. The molecular formula is C11H18N2O4S. The first-order valence-electron chi connectivity index (χ1n) is 5.87. The second-order valence-corrected chi connectivity index (χ2v) is 5.16. The van der Waals surface area contributed by atoms with Crippen molar-refractivity contribution in [2.45, 2.75) is 25.8 Å². The highest BCUT2D eigenvalue weighted by atomic mass is 32.2. The number of carboxylic acid groups (broad SMARTS) is 1. The quantitative estimate of drug-likeness (QED) is 0.777. The Morgan fingerprint density at radius 1 is 1.56 bits per heavy atom. The first kappa shape index (κ1) is 14.8. The molecule has 0 aliphatic carbocycles. The fraction of sp³-hybridized carbons (Fsp3) is 0.727. The molecule has 0 spiro atoms. The fourth-order valence-electron chi connectivity index (χ4n) is 1.82. The van der Waals surface area contributed by atoms with Gasteiger partial charge in [0.15, 0.2) is 0 Å². The van der Waals surface area contributed by atoms with Crippen molar-refractivity contribution in [1.29, 1.82) is 0 Å². The van der Waals surface area contributed by atoms with Crippen molar-refractivity contribution in [2.24, 2.45) is 0 Å². The summed E-state index contributed by atoms with van der Waals surface area (Å²) in [5.74, 6) is -0.481. The predicted molar refractivity (Wildman–Crippen MR) is 68.5 cm³/mol. The lowest BCUT2D eigenvalue weighted by Gasteiger charge is -2.24. The summed E-state index contributed by atoms with van der Waals surface area (Å²) in [7, 11) is 1.49. The molecule has 0 aromatic heterocycles. The molecular weight excluding hydrogens is 256 g/mol. The first-order valence-corrected chi connectivity index (χ1v) is 6.86. The number of carbonyl (C=O) groups is 3. The van der Waals surface area contributed by atoms with Gasteiger partial charge in [-0.25, -0.2) is 4.79 Å². The van der Waals surface area contributed by atoms with Gasteiger partial charge < -0.3 is 14.9 Å². The van der Waals surface area contributed by atoms with Crippen LogP contribution in [0.1, 0.15) is 19.8 Å². The Balaban J connectivity index is 2.44. The maximum absolute atomic E-state index is 11.8. The van der Waals surface area contributed by atoms with E-state index in [1.807, 2.05) is 0 Å². The van der Waals surface area contributed by atoms with E-state index in [1.54, 1.807) is 11.8 Å². The van der Waals surface area contributed by atoms with Crippen molar-refractivity contribution in [3.05, 3.63) is 0 Å². The van der Waals surface area contributed by atoms with Crippen molar-refractivity contribution in [2.75, 3.05) is 25.9 Å². The molecule has 1 N–H and O–H groups in total. The molecule has 1 saturated heterocycles. The second-order valence-electron chi connectivity index (χ2n) is 4.12. The Bertz CT molecular complexity index is 348. The van der Waals surface area contributed by atoms with Crippen LogP contribution in [-0.4, -0.2) is 64.0 Å². The zero-order valence-corrected chi connectivity index (χ0v) is 11.4. The number of hydrogen-bond donors (Lipinski definition) is 1. The number of nitrogens with zero attached hydrogens (tertiary/aromatic N) is 2. The van der Waals surface area contributed by atoms with Gasteiger partial charge in [-0.1, -0.05) is 18.7 Å². The van der Waals surface area contributed by atoms with Crippen LogP contribution in [0, 0.1) is 0 Å². The van der Waals surface area contributed by atoms with Crippen molar-refractivity contribution < 1.29 is 19.5 Å². The largest absolute Gasteiger partial charge is 0.480 e. The Morgan fingerprint density at radius 3 is 2.67 bits per heavy atom. The van der Waals surface area contributed by atoms with Gasteiger partial charge in [-0.3, -0.25) is 9.59 Å². The Morgan fingerprint density at radius 2 is 2.22 bits per heavy atom. The lowest BCUT2D eigenvalue weighted by Crippen LogP contribution is -2.43. The molecule has 1 unspecified atom stereocenters. The van der Waals surface area contributed by atoms with Gasteiger partial charge in [-0.05, 0) is 6.42 Å². The van der Waals surface area contributed by atoms with Gasteiger partial charge in [-0.2, -0.15) is 0 Å². The number of likely N-dealkylation sites (N-methyl/N-ethyl adjacent to an activating group) is 1. The summed E-state index contributed by atoms with van der Waals surface area (Å²) in [5, 5.41) is 8.95. The van der Waals surface area contributed by atoms with Crippen molar-refractivity contribution in [3.8, 4) is 0 Å². The molecule has 1 rings (SSSR count). The van der Waals surface area contributed by atoms with Crippen LogP contribution in [0.3, 0.4) is 0 Å². The molecule has 7 heteroatoms. The minimum atomic E-state index is -0.999. The Labute approximate surface area is 110 Å². The van der Waals surface area contributed by atoms with E-state index in [0.29, 0.717) is 19.5 Å². The molecule has 0 aromatic carbocycles. The number of carbonyl (C=O) groups excluding carboxylic acids is 2. The molecule has 18 heavy (non-hydrogen) atoms. The molecule has 6 nitrogen and oxygen atoms in total. The summed E-state index contributed by atoms with van der Waals surface area (Å²) < 4.78 is 0. The Kier molecular flexibility index (Phi) is 5.46. The van der Waals surface area contributed by atoms with Gasteiger partial charge >= 0.3 is 5.97 Å². The SMILES string of the molecule is CCC(C(=O)O)N(C)C(=O)CCN1CCSC1=O. The summed E-state index contributed by atoms with van der Waals surface area (Å²) in [6.07, 6.45) is 0.544. The fourth-order valence-corrected chi connectivity index (χ4v) is 2.68. The molecule has 102 valence electrons. The van der Waals surface area contributed by atoms with Gasteiger partial charge in [0.05, 0.1) is 0 Å². The second kappa shape index (κ2) is 6.63. The smallest absolute Gasteiger partial charge is 0.326 e. The average molecular weight is 274 g/mol. The number of aliphatic carboxylic acids is 1. The third-order valence-corrected chi connectivity index (χ3v) is 3.87. The summed E-state index contributed by atoms with van der Waals surface area (Å²) in [4.78, 5) is 37.0. The maximum atomic E-state index is 11.8. The van der Waals surface area contributed by atoms with Gasteiger partial charge in [0.2, 0.25) is 5.91 Å². The lowest BCUT2D eigenvalue weighted by atomic mass is 10.2. The van der Waals surface area contributed by atoms with Crippen LogP contribution in [-0.2, 0) is 9.59 Å². The summed E-state index contributed by atoms with van der Waals surface area (Å²) in [5.41, 5.74) is 0. The van der Waals surface area contributed by atoms with Gasteiger partial charge in [0.1, 0.15) is 6.04 Å². The standard InChI is InChI=1S/C11H18N2O4S/c1-3-8(10(15)16)12(2)9(14)4-5-13-6-7-18-11(13)17/h8H,3-7H2,1-2H3,(H,15,16). The van der Waals surface area contributed by atoms with E-state index >= 15 is 0 Å². The highest BCUT2D eigenvalue weighted by Gasteiger charge is 2.26. The van der Waals surface area contributed by atoms with E-state index in [4.69, 9.17) is 5.11 Å². The van der Waals surface area contributed by atoms with Crippen LogP contribution in [0.2, 0.25) is 0 Å². The molecule has 1 atom stereocenters. The summed E-state index contributed by atoms with van der Waals surface area (Å²) >= 11 is 1.25. The third-order valence-electron chi connectivity index (χ3n) is 2.97. The molecule has 0 radical (unpaired) electrons. The van der Waals surface area contributed by atoms with Crippen LogP contribution in [0.25, 0.3) is 0 Å². The highest BCUT2D eigenvalue weighted by Crippen LogP contribution is 2.17. The van der Waals surface area contributed by atoms with E-state index < -0.39 is 12.0 Å². The number of hydrogen-bond acceptors (Lipinski definition) is 4.